The lowest BCUT2D eigenvalue weighted by atomic mass is 9.92. The van der Waals surface area contributed by atoms with E-state index in [1.165, 1.54) is 31.6 Å². The zero-order valence-electron chi connectivity index (χ0n) is 10.1. The summed E-state index contributed by atoms with van der Waals surface area (Å²) in [5, 5.41) is 4.52. The minimum atomic E-state index is 0.470. The molecule has 1 heterocycles. The standard InChI is InChI=1S/C12H25NS/c1-10-11(6-5-9-14-10)13-8-7-12(2,3)4/h10-11,13H,5-9H2,1-4H3. The number of hydrogen-bond acceptors (Lipinski definition) is 2. The Labute approximate surface area is 93.4 Å². The summed E-state index contributed by atoms with van der Waals surface area (Å²) in [5.41, 5.74) is 0.470. The van der Waals surface area contributed by atoms with Gasteiger partial charge in [-0.2, -0.15) is 11.8 Å². The molecule has 0 saturated carbocycles. The highest BCUT2D eigenvalue weighted by Crippen LogP contribution is 2.25. The Bertz CT molecular complexity index is 162. The van der Waals surface area contributed by atoms with Gasteiger partial charge < -0.3 is 5.32 Å². The van der Waals surface area contributed by atoms with E-state index in [0.717, 1.165) is 11.3 Å². The van der Waals surface area contributed by atoms with Crippen LogP contribution in [0.25, 0.3) is 0 Å². The maximum Gasteiger partial charge on any atom is 0.0184 e. The molecule has 1 saturated heterocycles. The van der Waals surface area contributed by atoms with Gasteiger partial charge in [0.05, 0.1) is 0 Å². The van der Waals surface area contributed by atoms with E-state index in [4.69, 9.17) is 0 Å². The lowest BCUT2D eigenvalue weighted by molar-refractivity contribution is 0.346. The third-order valence-electron chi connectivity index (χ3n) is 2.89. The molecular formula is C12H25NS. The van der Waals surface area contributed by atoms with E-state index in [1.54, 1.807) is 0 Å². The summed E-state index contributed by atoms with van der Waals surface area (Å²) in [6.07, 6.45) is 4.04. The molecule has 0 aromatic carbocycles. The summed E-state index contributed by atoms with van der Waals surface area (Å²) < 4.78 is 0. The van der Waals surface area contributed by atoms with Crippen molar-refractivity contribution in [2.24, 2.45) is 5.41 Å². The van der Waals surface area contributed by atoms with Gasteiger partial charge in [0, 0.05) is 11.3 Å². The van der Waals surface area contributed by atoms with Crippen LogP contribution in [0.2, 0.25) is 0 Å². The number of rotatable bonds is 3. The van der Waals surface area contributed by atoms with Gasteiger partial charge in [-0.3, -0.25) is 0 Å². The third kappa shape index (κ3) is 4.70. The molecule has 1 nitrogen and oxygen atoms in total. The second kappa shape index (κ2) is 5.41. The maximum atomic E-state index is 3.71. The Kier molecular flexibility index (Phi) is 4.78. The summed E-state index contributed by atoms with van der Waals surface area (Å²) in [5.74, 6) is 1.36. The van der Waals surface area contributed by atoms with Gasteiger partial charge in [-0.25, -0.2) is 0 Å². The molecule has 1 aliphatic rings. The van der Waals surface area contributed by atoms with E-state index in [9.17, 15) is 0 Å². The number of hydrogen-bond donors (Lipinski definition) is 1. The highest BCUT2D eigenvalue weighted by atomic mass is 32.2. The van der Waals surface area contributed by atoms with Crippen molar-refractivity contribution >= 4 is 11.8 Å². The first kappa shape index (κ1) is 12.4. The third-order valence-corrected chi connectivity index (χ3v) is 4.27. The van der Waals surface area contributed by atoms with Crippen molar-refractivity contribution < 1.29 is 0 Å². The van der Waals surface area contributed by atoms with Gasteiger partial charge in [0.1, 0.15) is 0 Å². The van der Waals surface area contributed by atoms with Crippen LogP contribution in [0.3, 0.4) is 0 Å². The molecule has 0 aliphatic carbocycles. The van der Waals surface area contributed by atoms with Gasteiger partial charge in [-0.1, -0.05) is 27.7 Å². The van der Waals surface area contributed by atoms with E-state index >= 15 is 0 Å². The van der Waals surface area contributed by atoms with Crippen LogP contribution in [0.15, 0.2) is 0 Å². The van der Waals surface area contributed by atoms with Gasteiger partial charge in [0.15, 0.2) is 0 Å². The fraction of sp³-hybridized carbons (Fsp3) is 1.00. The molecular weight excluding hydrogens is 190 g/mol. The maximum absolute atomic E-state index is 3.71. The second-order valence-corrected chi connectivity index (χ2v) is 7.07. The Balaban J connectivity index is 2.17. The largest absolute Gasteiger partial charge is 0.313 e. The topological polar surface area (TPSA) is 12.0 Å². The fourth-order valence-corrected chi connectivity index (χ4v) is 2.99. The van der Waals surface area contributed by atoms with Crippen molar-refractivity contribution in [2.75, 3.05) is 12.3 Å². The summed E-state index contributed by atoms with van der Waals surface area (Å²) in [6, 6.07) is 0.760. The molecule has 0 aromatic heterocycles. The van der Waals surface area contributed by atoms with Gasteiger partial charge in [-0.05, 0) is 37.0 Å². The highest BCUT2D eigenvalue weighted by molar-refractivity contribution is 7.99. The van der Waals surface area contributed by atoms with Crippen LogP contribution >= 0.6 is 11.8 Å². The van der Waals surface area contributed by atoms with Gasteiger partial charge in [0.25, 0.3) is 0 Å². The SMILES string of the molecule is CC1SCCCC1NCCC(C)(C)C. The lowest BCUT2D eigenvalue weighted by Crippen LogP contribution is -2.40. The zero-order valence-corrected chi connectivity index (χ0v) is 10.9. The smallest absolute Gasteiger partial charge is 0.0184 e. The predicted molar refractivity (Wildman–Crippen MR) is 67.0 cm³/mol. The van der Waals surface area contributed by atoms with Crippen LogP contribution in [-0.2, 0) is 0 Å². The van der Waals surface area contributed by atoms with E-state index in [2.05, 4.69) is 44.8 Å². The molecule has 0 bridgehead atoms. The van der Waals surface area contributed by atoms with Crippen molar-refractivity contribution in [2.45, 2.75) is 58.2 Å². The summed E-state index contributed by atoms with van der Waals surface area (Å²) in [4.78, 5) is 0. The van der Waals surface area contributed by atoms with Crippen LogP contribution in [0.5, 0.6) is 0 Å². The molecule has 84 valence electrons. The molecule has 0 spiro atoms. The van der Waals surface area contributed by atoms with E-state index in [0.29, 0.717) is 5.41 Å². The monoisotopic (exact) mass is 215 g/mol. The molecule has 0 amide bonds. The molecule has 2 unspecified atom stereocenters. The van der Waals surface area contributed by atoms with Gasteiger partial charge in [0.2, 0.25) is 0 Å². The average molecular weight is 215 g/mol. The normalized spacial score (nSPS) is 29.1. The van der Waals surface area contributed by atoms with Crippen molar-refractivity contribution in [3.05, 3.63) is 0 Å². The Morgan fingerprint density at radius 2 is 2.07 bits per heavy atom. The lowest BCUT2D eigenvalue weighted by Gasteiger charge is -2.30. The zero-order chi connectivity index (χ0) is 10.6. The van der Waals surface area contributed by atoms with E-state index in [-0.39, 0.29) is 0 Å². The molecule has 14 heavy (non-hydrogen) atoms. The second-order valence-electron chi connectivity index (χ2n) is 5.59. The molecule has 2 heteroatoms. The van der Waals surface area contributed by atoms with Crippen LogP contribution in [-0.4, -0.2) is 23.6 Å². The van der Waals surface area contributed by atoms with Gasteiger partial charge >= 0.3 is 0 Å². The minimum absolute atomic E-state index is 0.470. The number of nitrogens with one attached hydrogen (secondary N) is 1. The Morgan fingerprint density at radius 1 is 1.36 bits per heavy atom. The van der Waals surface area contributed by atoms with Crippen LogP contribution in [0.4, 0.5) is 0 Å². The molecule has 0 radical (unpaired) electrons. The first-order valence-corrected chi connectivity index (χ1v) is 6.89. The molecule has 1 fully saturated rings. The first-order valence-electron chi connectivity index (χ1n) is 5.84. The molecule has 1 rings (SSSR count). The molecule has 0 aromatic rings. The average Bonchev–Trinajstić information content (AvgIpc) is 2.06. The Morgan fingerprint density at radius 3 is 2.64 bits per heavy atom. The van der Waals surface area contributed by atoms with Crippen molar-refractivity contribution in [3.63, 3.8) is 0 Å². The minimum Gasteiger partial charge on any atom is -0.313 e. The van der Waals surface area contributed by atoms with Gasteiger partial charge in [-0.15, -0.1) is 0 Å². The van der Waals surface area contributed by atoms with Crippen molar-refractivity contribution in [1.29, 1.82) is 0 Å². The van der Waals surface area contributed by atoms with Crippen LogP contribution in [0, 0.1) is 5.41 Å². The number of thioether (sulfide) groups is 1. The highest BCUT2D eigenvalue weighted by Gasteiger charge is 2.21. The summed E-state index contributed by atoms with van der Waals surface area (Å²) in [7, 11) is 0. The van der Waals surface area contributed by atoms with E-state index in [1.807, 2.05) is 0 Å². The van der Waals surface area contributed by atoms with Crippen molar-refractivity contribution in [1.82, 2.24) is 5.32 Å². The quantitative estimate of drug-likeness (QED) is 0.775. The van der Waals surface area contributed by atoms with E-state index < -0.39 is 0 Å². The van der Waals surface area contributed by atoms with Crippen LogP contribution < -0.4 is 5.32 Å². The molecule has 1 aliphatic heterocycles. The van der Waals surface area contributed by atoms with Crippen LogP contribution in [0.1, 0.15) is 47.0 Å². The summed E-state index contributed by atoms with van der Waals surface area (Å²) >= 11 is 2.12. The molecule has 2 atom stereocenters. The fourth-order valence-electron chi connectivity index (χ4n) is 1.82. The first-order chi connectivity index (χ1) is 6.49. The Hall–Kier alpha value is 0.310. The van der Waals surface area contributed by atoms with Crippen molar-refractivity contribution in [3.8, 4) is 0 Å². The molecule has 1 N–H and O–H groups in total. The summed E-state index contributed by atoms with van der Waals surface area (Å²) in [6.45, 7) is 10.5. The predicted octanol–water partition coefficient (Wildman–Crippen LogP) is 3.30.